The Balaban J connectivity index is 2.45. The van der Waals surface area contributed by atoms with Gasteiger partial charge in [-0.2, -0.15) is 0 Å². The molecule has 0 spiro atoms. The Morgan fingerprint density at radius 2 is 1.95 bits per heavy atom. The van der Waals surface area contributed by atoms with E-state index in [2.05, 4.69) is 0 Å². The lowest BCUT2D eigenvalue weighted by Crippen LogP contribution is -2.31. The summed E-state index contributed by atoms with van der Waals surface area (Å²) in [5.74, 6) is 0. The van der Waals surface area contributed by atoms with Crippen molar-refractivity contribution in [1.29, 1.82) is 0 Å². The van der Waals surface area contributed by atoms with E-state index >= 15 is 0 Å². The van der Waals surface area contributed by atoms with Gasteiger partial charge in [-0.05, 0) is 30.5 Å². The van der Waals surface area contributed by atoms with Gasteiger partial charge in [0.2, 0.25) is 0 Å². The maximum absolute atomic E-state index is 11.7. The van der Waals surface area contributed by atoms with Crippen molar-refractivity contribution in [2.75, 3.05) is 0 Å². The highest BCUT2D eigenvalue weighted by atomic mass is 16.6. The molecule has 0 aliphatic heterocycles. The van der Waals surface area contributed by atoms with E-state index in [1.54, 1.807) is 0 Å². The van der Waals surface area contributed by atoms with E-state index < -0.39 is 21.9 Å². The van der Waals surface area contributed by atoms with E-state index in [0.717, 1.165) is 27.5 Å². The minimum Gasteiger partial charge on any atom is -0.289 e. The van der Waals surface area contributed by atoms with Crippen LogP contribution in [0, 0.1) is 24.0 Å². The molecule has 2 aromatic rings. The molecule has 0 bridgehead atoms. The number of nitro groups is 1. The smallest absolute Gasteiger partial charge is 0.289 e. The van der Waals surface area contributed by atoms with Crippen molar-refractivity contribution >= 4 is 5.69 Å². The Hall–Kier alpha value is -2.70. The molecular weight excluding hydrogens is 262 g/mol. The highest BCUT2D eigenvalue weighted by Crippen LogP contribution is 2.11. The van der Waals surface area contributed by atoms with Gasteiger partial charge < -0.3 is 0 Å². The molecule has 0 aliphatic rings. The van der Waals surface area contributed by atoms with Crippen molar-refractivity contribution in [3.8, 4) is 0 Å². The molecule has 1 aromatic carbocycles. The summed E-state index contributed by atoms with van der Waals surface area (Å²) in [6, 6.07) is 5.65. The molecule has 0 unspecified atom stereocenters. The zero-order chi connectivity index (χ0) is 14.9. The Morgan fingerprint density at radius 3 is 2.55 bits per heavy atom. The molecule has 2 rings (SSSR count). The number of aromatic nitrogens is 2. The van der Waals surface area contributed by atoms with Crippen LogP contribution in [0.1, 0.15) is 16.7 Å². The van der Waals surface area contributed by atoms with Crippen molar-refractivity contribution < 1.29 is 4.92 Å². The van der Waals surface area contributed by atoms with Crippen LogP contribution in [0.15, 0.2) is 34.0 Å². The molecular formula is C13H13N3O4. The van der Waals surface area contributed by atoms with Crippen LogP contribution in [0.5, 0.6) is 0 Å². The predicted molar refractivity (Wildman–Crippen MR) is 73.0 cm³/mol. The molecule has 1 N–H and O–H groups in total. The lowest BCUT2D eigenvalue weighted by molar-refractivity contribution is -0.386. The number of nitrogens with one attached hydrogen (secondary N) is 1. The number of aromatic amines is 1. The molecule has 104 valence electrons. The largest absolute Gasteiger partial charge is 0.350 e. The highest BCUT2D eigenvalue weighted by Gasteiger charge is 2.14. The Kier molecular flexibility index (Phi) is 3.51. The molecule has 7 heteroatoms. The van der Waals surface area contributed by atoms with Gasteiger partial charge in [0, 0.05) is 0 Å². The summed E-state index contributed by atoms with van der Waals surface area (Å²) in [6.45, 7) is 4.07. The minimum absolute atomic E-state index is 0.164. The predicted octanol–water partition coefficient (Wildman–Crippen LogP) is 1.11. The van der Waals surface area contributed by atoms with Gasteiger partial charge in [0.25, 0.3) is 0 Å². The van der Waals surface area contributed by atoms with Gasteiger partial charge >= 0.3 is 16.9 Å². The van der Waals surface area contributed by atoms with Gasteiger partial charge in [-0.15, -0.1) is 0 Å². The summed E-state index contributed by atoms with van der Waals surface area (Å²) >= 11 is 0. The first-order valence-electron chi connectivity index (χ1n) is 5.93. The van der Waals surface area contributed by atoms with Crippen LogP contribution in [0.2, 0.25) is 0 Å². The van der Waals surface area contributed by atoms with Gasteiger partial charge in [-0.1, -0.05) is 18.2 Å². The third-order valence-electron chi connectivity index (χ3n) is 3.11. The summed E-state index contributed by atoms with van der Waals surface area (Å²) in [4.78, 5) is 34.8. The molecule has 7 nitrogen and oxygen atoms in total. The second kappa shape index (κ2) is 5.12. The van der Waals surface area contributed by atoms with Gasteiger partial charge in [-0.3, -0.25) is 24.5 Å². The molecule has 1 heterocycles. The second-order valence-electron chi connectivity index (χ2n) is 4.58. The van der Waals surface area contributed by atoms with E-state index in [1.807, 2.05) is 37.0 Å². The molecule has 0 saturated heterocycles. The number of hydrogen-bond donors (Lipinski definition) is 1. The number of benzene rings is 1. The topological polar surface area (TPSA) is 98.0 Å². The maximum Gasteiger partial charge on any atom is 0.350 e. The quantitative estimate of drug-likeness (QED) is 0.670. The molecule has 0 amide bonds. The van der Waals surface area contributed by atoms with E-state index in [9.17, 15) is 19.7 Å². The summed E-state index contributed by atoms with van der Waals surface area (Å²) in [5.41, 5.74) is 0.711. The fraction of sp³-hybridized carbons (Fsp3) is 0.231. The molecule has 0 atom stereocenters. The molecule has 1 aromatic heterocycles. The summed E-state index contributed by atoms with van der Waals surface area (Å²) in [5, 5.41) is 10.7. The molecule has 0 saturated carbocycles. The third kappa shape index (κ3) is 2.66. The third-order valence-corrected chi connectivity index (χ3v) is 3.11. The average Bonchev–Trinajstić information content (AvgIpc) is 2.36. The number of H-pyrrole nitrogens is 1. The first kappa shape index (κ1) is 13.7. The fourth-order valence-electron chi connectivity index (χ4n) is 1.84. The van der Waals surface area contributed by atoms with Crippen LogP contribution in [0.3, 0.4) is 0 Å². The van der Waals surface area contributed by atoms with Crippen LogP contribution in [-0.2, 0) is 6.54 Å². The summed E-state index contributed by atoms with van der Waals surface area (Å²) in [7, 11) is 0. The van der Waals surface area contributed by atoms with Crippen molar-refractivity contribution in [1.82, 2.24) is 9.55 Å². The molecule has 0 radical (unpaired) electrons. The SMILES string of the molecule is Cc1ccc(Cn2cc([N+](=O)[O-])c(=O)[nH]c2=O)cc1C. The zero-order valence-electron chi connectivity index (χ0n) is 11.0. The first-order chi connectivity index (χ1) is 9.38. The Labute approximate surface area is 113 Å². The van der Waals surface area contributed by atoms with E-state index in [1.165, 1.54) is 0 Å². The van der Waals surface area contributed by atoms with Crippen molar-refractivity contribution in [2.24, 2.45) is 0 Å². The van der Waals surface area contributed by atoms with E-state index in [0.29, 0.717) is 0 Å². The van der Waals surface area contributed by atoms with Gasteiger partial charge in [0.1, 0.15) is 0 Å². The first-order valence-corrected chi connectivity index (χ1v) is 5.93. The number of aryl methyl sites for hydroxylation is 2. The standard InChI is InChI=1S/C13H13N3O4/c1-8-3-4-10(5-9(8)2)6-15-7-11(16(19)20)12(17)14-13(15)18/h3-5,7H,6H2,1-2H3,(H,14,17,18). The average molecular weight is 275 g/mol. The Morgan fingerprint density at radius 1 is 1.25 bits per heavy atom. The van der Waals surface area contributed by atoms with Gasteiger partial charge in [0.05, 0.1) is 17.7 Å². The summed E-state index contributed by atoms with van der Waals surface area (Å²) in [6.07, 6.45) is 0.969. The van der Waals surface area contributed by atoms with Gasteiger partial charge in [-0.25, -0.2) is 4.79 Å². The van der Waals surface area contributed by atoms with E-state index in [-0.39, 0.29) is 6.54 Å². The van der Waals surface area contributed by atoms with Crippen LogP contribution < -0.4 is 11.2 Å². The highest BCUT2D eigenvalue weighted by molar-refractivity contribution is 5.30. The molecule has 20 heavy (non-hydrogen) atoms. The van der Waals surface area contributed by atoms with Crippen molar-refractivity contribution in [3.63, 3.8) is 0 Å². The van der Waals surface area contributed by atoms with Crippen molar-refractivity contribution in [2.45, 2.75) is 20.4 Å². The van der Waals surface area contributed by atoms with Crippen molar-refractivity contribution in [3.05, 3.63) is 72.0 Å². The number of nitrogens with zero attached hydrogens (tertiary/aromatic N) is 2. The lowest BCUT2D eigenvalue weighted by atomic mass is 10.1. The summed E-state index contributed by atoms with van der Waals surface area (Å²) < 4.78 is 1.11. The van der Waals surface area contributed by atoms with Crippen LogP contribution in [0.25, 0.3) is 0 Å². The van der Waals surface area contributed by atoms with E-state index in [4.69, 9.17) is 0 Å². The second-order valence-corrected chi connectivity index (χ2v) is 4.58. The minimum atomic E-state index is -0.990. The number of hydrogen-bond acceptors (Lipinski definition) is 4. The monoisotopic (exact) mass is 275 g/mol. The van der Waals surface area contributed by atoms with Crippen LogP contribution >= 0.6 is 0 Å². The lowest BCUT2D eigenvalue weighted by Gasteiger charge is -2.07. The molecule has 0 aliphatic carbocycles. The Bertz CT molecular complexity index is 789. The van der Waals surface area contributed by atoms with Crippen LogP contribution in [0.4, 0.5) is 5.69 Å². The normalized spacial score (nSPS) is 10.5. The van der Waals surface area contributed by atoms with Crippen LogP contribution in [-0.4, -0.2) is 14.5 Å². The zero-order valence-corrected chi connectivity index (χ0v) is 11.0. The molecule has 0 fully saturated rings. The van der Waals surface area contributed by atoms with Gasteiger partial charge in [0.15, 0.2) is 0 Å². The maximum atomic E-state index is 11.7. The fourth-order valence-corrected chi connectivity index (χ4v) is 1.84. The number of rotatable bonds is 3.